The van der Waals surface area contributed by atoms with Crippen LogP contribution in [0.25, 0.3) is 142 Å². The maximum atomic E-state index is 2.51. The highest BCUT2D eigenvalue weighted by Crippen LogP contribution is 2.55. The SMILES string of the molecule is c1ccc2c(c1)-c1cccc3c(N(c4ccc(-c5ccc(N(c6ccc7c8c(cccc68)-c6ccccc6-7)c6ccc7ccc8cccc9ccc6c7c89)cc5)cc4)c4ccc5ccc6cccc7ccc4c5c67)ccc-2c13. The molecular formula is C76H44N2. The van der Waals surface area contributed by atoms with Crippen molar-refractivity contribution in [2.45, 2.75) is 0 Å². The molecule has 0 radical (unpaired) electrons. The number of benzene rings is 16. The van der Waals surface area contributed by atoms with Gasteiger partial charge in [0.25, 0.3) is 0 Å². The van der Waals surface area contributed by atoms with E-state index in [1.165, 1.54) is 131 Å². The van der Waals surface area contributed by atoms with E-state index in [0.717, 1.165) is 45.3 Å². The normalized spacial score (nSPS) is 12.4. The Labute approximate surface area is 450 Å². The van der Waals surface area contributed by atoms with Crippen molar-refractivity contribution >= 4 is 120 Å². The average molecular weight is 985 g/mol. The summed E-state index contributed by atoms with van der Waals surface area (Å²) < 4.78 is 0. The third-order valence-electron chi connectivity index (χ3n) is 17.6. The minimum Gasteiger partial charge on any atom is -0.309 e. The fourth-order valence-corrected chi connectivity index (χ4v) is 14.2. The van der Waals surface area contributed by atoms with Crippen LogP contribution in [0.3, 0.4) is 0 Å². The lowest BCUT2D eigenvalue weighted by atomic mass is 9.92. The molecule has 0 aliphatic heterocycles. The van der Waals surface area contributed by atoms with Crippen LogP contribution < -0.4 is 9.80 Å². The summed E-state index contributed by atoms with van der Waals surface area (Å²) in [5, 5.41) is 20.4. The Morgan fingerprint density at radius 3 is 0.833 bits per heavy atom. The number of rotatable bonds is 7. The summed E-state index contributed by atoms with van der Waals surface area (Å²) >= 11 is 0. The second-order valence-electron chi connectivity index (χ2n) is 21.5. The summed E-state index contributed by atoms with van der Waals surface area (Å²) in [6, 6.07) is 100. The minimum absolute atomic E-state index is 1.11. The first-order valence-corrected chi connectivity index (χ1v) is 27.2. The van der Waals surface area contributed by atoms with Gasteiger partial charge in [0.05, 0.1) is 22.7 Å². The van der Waals surface area contributed by atoms with Gasteiger partial charge >= 0.3 is 0 Å². The van der Waals surface area contributed by atoms with E-state index in [-0.39, 0.29) is 0 Å². The number of anilines is 6. The lowest BCUT2D eigenvalue weighted by Crippen LogP contribution is -2.11. The monoisotopic (exact) mass is 984 g/mol. The molecule has 0 fully saturated rings. The first kappa shape index (κ1) is 42.0. The summed E-state index contributed by atoms with van der Waals surface area (Å²) in [5.74, 6) is 0. The van der Waals surface area contributed by atoms with Crippen molar-refractivity contribution in [3.63, 3.8) is 0 Å². The quantitative estimate of drug-likeness (QED) is 0.147. The molecule has 0 saturated heterocycles. The van der Waals surface area contributed by atoms with Crippen LogP contribution in [0.2, 0.25) is 0 Å². The van der Waals surface area contributed by atoms with Gasteiger partial charge in [-0.25, -0.2) is 0 Å². The molecule has 78 heavy (non-hydrogen) atoms. The first-order chi connectivity index (χ1) is 38.7. The van der Waals surface area contributed by atoms with Crippen molar-refractivity contribution in [1.29, 1.82) is 0 Å². The van der Waals surface area contributed by atoms with Crippen LogP contribution in [0, 0.1) is 0 Å². The highest BCUT2D eigenvalue weighted by molar-refractivity contribution is 6.29. The molecule has 0 aromatic heterocycles. The molecule has 0 bridgehead atoms. The molecular weight excluding hydrogens is 941 g/mol. The molecule has 0 N–H and O–H groups in total. The number of hydrogen-bond acceptors (Lipinski definition) is 2. The molecule has 18 rings (SSSR count). The van der Waals surface area contributed by atoms with E-state index in [0.29, 0.717) is 0 Å². The van der Waals surface area contributed by atoms with Crippen LogP contribution in [0.15, 0.2) is 267 Å². The molecule has 0 saturated carbocycles. The van der Waals surface area contributed by atoms with Gasteiger partial charge in [0.1, 0.15) is 0 Å². The van der Waals surface area contributed by atoms with Crippen LogP contribution >= 0.6 is 0 Å². The van der Waals surface area contributed by atoms with Crippen LogP contribution in [-0.4, -0.2) is 0 Å². The van der Waals surface area contributed by atoms with E-state index in [4.69, 9.17) is 0 Å². The smallest absolute Gasteiger partial charge is 0.0540 e. The van der Waals surface area contributed by atoms with Gasteiger partial charge < -0.3 is 9.80 Å². The zero-order valence-electron chi connectivity index (χ0n) is 42.3. The van der Waals surface area contributed by atoms with E-state index < -0.39 is 0 Å². The maximum absolute atomic E-state index is 2.51. The van der Waals surface area contributed by atoms with Crippen LogP contribution in [0.5, 0.6) is 0 Å². The highest BCUT2D eigenvalue weighted by Gasteiger charge is 2.28. The van der Waals surface area contributed by atoms with Gasteiger partial charge in [0.15, 0.2) is 0 Å². The van der Waals surface area contributed by atoms with E-state index in [2.05, 4.69) is 277 Å². The molecule has 2 nitrogen and oxygen atoms in total. The van der Waals surface area contributed by atoms with Crippen molar-refractivity contribution in [3.05, 3.63) is 267 Å². The van der Waals surface area contributed by atoms with Gasteiger partial charge in [0, 0.05) is 32.9 Å². The molecule has 358 valence electrons. The summed E-state index contributed by atoms with van der Waals surface area (Å²) in [6.45, 7) is 0. The minimum atomic E-state index is 1.11. The number of nitrogens with zero attached hydrogens (tertiary/aromatic N) is 2. The molecule has 0 unspecified atom stereocenters. The largest absolute Gasteiger partial charge is 0.309 e. The summed E-state index contributed by atoms with van der Waals surface area (Å²) in [5.41, 5.74) is 19.6. The third-order valence-corrected chi connectivity index (χ3v) is 17.6. The zero-order chi connectivity index (χ0) is 50.7. The predicted octanol–water partition coefficient (Wildman–Crippen LogP) is 21.7. The molecule has 16 aromatic carbocycles. The van der Waals surface area contributed by atoms with Crippen molar-refractivity contribution in [2.24, 2.45) is 0 Å². The molecule has 2 aliphatic carbocycles. The van der Waals surface area contributed by atoms with Crippen molar-refractivity contribution < 1.29 is 0 Å². The molecule has 2 heteroatoms. The lowest BCUT2D eigenvalue weighted by molar-refractivity contribution is 1.31. The van der Waals surface area contributed by atoms with Crippen LogP contribution in [-0.2, 0) is 0 Å². The second-order valence-corrected chi connectivity index (χ2v) is 21.5. The second kappa shape index (κ2) is 15.6. The lowest BCUT2D eigenvalue weighted by Gasteiger charge is -2.29. The number of hydrogen-bond donors (Lipinski definition) is 0. The van der Waals surface area contributed by atoms with E-state index in [9.17, 15) is 0 Å². The Kier molecular flexibility index (Phi) is 8.42. The van der Waals surface area contributed by atoms with Gasteiger partial charge in [-0.15, -0.1) is 0 Å². The Balaban J connectivity index is 0.795. The molecule has 0 spiro atoms. The highest BCUT2D eigenvalue weighted by atomic mass is 15.2. The van der Waals surface area contributed by atoms with Crippen molar-refractivity contribution in [2.75, 3.05) is 9.80 Å². The van der Waals surface area contributed by atoms with E-state index >= 15 is 0 Å². The number of fused-ring (bicyclic) bond motifs is 6. The Bertz CT molecular complexity index is 4780. The fourth-order valence-electron chi connectivity index (χ4n) is 14.2. The van der Waals surface area contributed by atoms with Gasteiger partial charge in [0.2, 0.25) is 0 Å². The molecule has 16 aromatic rings. The van der Waals surface area contributed by atoms with Crippen molar-refractivity contribution in [3.8, 4) is 55.6 Å². The molecule has 0 amide bonds. The third kappa shape index (κ3) is 5.70. The Morgan fingerprint density at radius 1 is 0.167 bits per heavy atom. The van der Waals surface area contributed by atoms with E-state index in [1.54, 1.807) is 0 Å². The fraction of sp³-hybridized carbons (Fsp3) is 0. The van der Waals surface area contributed by atoms with Gasteiger partial charge in [-0.05, 0) is 169 Å². The summed E-state index contributed by atoms with van der Waals surface area (Å²) in [7, 11) is 0. The average Bonchev–Trinajstić information content (AvgIpc) is 4.18. The first-order valence-electron chi connectivity index (χ1n) is 27.2. The molecule has 2 aliphatic rings. The van der Waals surface area contributed by atoms with Gasteiger partial charge in [-0.2, -0.15) is 0 Å². The summed E-state index contributed by atoms with van der Waals surface area (Å²) in [6.07, 6.45) is 0. The van der Waals surface area contributed by atoms with Gasteiger partial charge in [-0.3, -0.25) is 0 Å². The Hall–Kier alpha value is -10.3. The van der Waals surface area contributed by atoms with Gasteiger partial charge in [-0.1, -0.05) is 218 Å². The molecule has 0 heterocycles. The Morgan fingerprint density at radius 2 is 0.449 bits per heavy atom. The molecule has 0 atom stereocenters. The maximum Gasteiger partial charge on any atom is 0.0540 e. The predicted molar refractivity (Wildman–Crippen MR) is 333 cm³/mol. The van der Waals surface area contributed by atoms with Crippen LogP contribution in [0.4, 0.5) is 34.1 Å². The zero-order valence-corrected chi connectivity index (χ0v) is 42.3. The standard InChI is InChI=1S/C76H44N2/c1-3-15-57-55(13-1)59-17-7-19-63-69(43-39-61(57)75(59)63)77(67-41-31-51-23-21-47-9-5-11-49-29-37-65(67)73(51)71(47)49)53-33-25-45(26-34-53)46-27-35-54(36-28-46)78(68-42-32-52-24-22-48-10-6-12-50-30-38-66(68)74(52)72(48)50)70-44-40-62-58-16-4-2-14-56(58)60-18-8-20-64(70)76(60)62/h1-44H. The van der Waals surface area contributed by atoms with Crippen molar-refractivity contribution in [1.82, 2.24) is 0 Å². The summed E-state index contributed by atoms with van der Waals surface area (Å²) in [4.78, 5) is 5.02. The van der Waals surface area contributed by atoms with Crippen LogP contribution in [0.1, 0.15) is 0 Å². The topological polar surface area (TPSA) is 6.48 Å². The van der Waals surface area contributed by atoms with E-state index in [1.807, 2.05) is 0 Å².